The number of rotatable bonds is 1. The van der Waals surface area contributed by atoms with E-state index in [4.69, 9.17) is 4.98 Å². The molecule has 8 rings (SSSR count). The molecule has 0 atom stereocenters. The van der Waals surface area contributed by atoms with Gasteiger partial charge in [0.15, 0.2) is 0 Å². The van der Waals surface area contributed by atoms with Crippen LogP contribution >= 0.6 is 0 Å². The highest BCUT2D eigenvalue weighted by Crippen LogP contribution is 2.42. The van der Waals surface area contributed by atoms with Crippen molar-refractivity contribution in [1.82, 2.24) is 9.38 Å². The zero-order chi connectivity index (χ0) is 21.5. The fourth-order valence-electron chi connectivity index (χ4n) is 5.64. The molecule has 33 heavy (non-hydrogen) atoms. The highest BCUT2D eigenvalue weighted by molar-refractivity contribution is 6.28. The van der Waals surface area contributed by atoms with Gasteiger partial charge in [-0.1, -0.05) is 72.8 Å². The molecule has 8 aromatic rings. The molecule has 152 valence electrons. The molecule has 0 radical (unpaired) electrons. The number of fused-ring (bicyclic) bond motifs is 7. The van der Waals surface area contributed by atoms with E-state index in [9.17, 15) is 0 Å². The van der Waals surface area contributed by atoms with Gasteiger partial charge in [-0.05, 0) is 57.6 Å². The monoisotopic (exact) mass is 418 g/mol. The van der Waals surface area contributed by atoms with Crippen molar-refractivity contribution >= 4 is 59.8 Å². The number of hydrogen-bond acceptors (Lipinski definition) is 1. The van der Waals surface area contributed by atoms with Crippen LogP contribution in [0.3, 0.4) is 0 Å². The average molecular weight is 418 g/mol. The van der Waals surface area contributed by atoms with Gasteiger partial charge in [0.05, 0.1) is 22.1 Å². The molecule has 0 amide bonds. The lowest BCUT2D eigenvalue weighted by molar-refractivity contribution is 1.34. The van der Waals surface area contributed by atoms with Gasteiger partial charge in [-0.25, -0.2) is 0 Å². The third-order valence-corrected chi connectivity index (χ3v) is 7.12. The van der Waals surface area contributed by atoms with E-state index < -0.39 is 0 Å². The minimum absolute atomic E-state index is 1.08. The van der Waals surface area contributed by atoms with Crippen molar-refractivity contribution in [1.29, 1.82) is 0 Å². The molecule has 5 aromatic carbocycles. The second-order valence-corrected chi connectivity index (χ2v) is 8.87. The number of nitrogens with zero attached hydrogens (tertiary/aromatic N) is 2. The quantitative estimate of drug-likeness (QED) is 0.194. The van der Waals surface area contributed by atoms with Gasteiger partial charge in [-0.2, -0.15) is 0 Å². The minimum atomic E-state index is 1.08. The zero-order valence-corrected chi connectivity index (χ0v) is 17.8. The Hall–Kier alpha value is -4.43. The molecule has 0 saturated heterocycles. The first-order chi connectivity index (χ1) is 16.4. The van der Waals surface area contributed by atoms with Gasteiger partial charge >= 0.3 is 0 Å². The topological polar surface area (TPSA) is 17.3 Å². The number of pyridine rings is 2. The standard InChI is InChI=1S/C31H18N2/c1-2-6-19(7-3-1)23-11-13-27-25(16-23)24-12-10-20-14-15-32-30-26-17-21-8-4-5-9-22(21)18-28(26)33(27)31(24)29(20)30/h1-18H. The summed E-state index contributed by atoms with van der Waals surface area (Å²) in [4.78, 5) is 4.89. The summed E-state index contributed by atoms with van der Waals surface area (Å²) in [5, 5.41) is 8.73. The first kappa shape index (κ1) is 17.2. The van der Waals surface area contributed by atoms with Gasteiger partial charge < -0.3 is 4.40 Å². The number of aromatic nitrogens is 2. The fourth-order valence-corrected chi connectivity index (χ4v) is 5.64. The molecule has 0 bridgehead atoms. The van der Waals surface area contributed by atoms with Crippen LogP contribution in [0.4, 0.5) is 0 Å². The third-order valence-electron chi connectivity index (χ3n) is 7.12. The smallest absolute Gasteiger partial charge is 0.0822 e. The highest BCUT2D eigenvalue weighted by atomic mass is 14.9. The molecule has 0 aliphatic carbocycles. The summed E-state index contributed by atoms with van der Waals surface area (Å²) in [6, 6.07) is 37.4. The van der Waals surface area contributed by atoms with Crippen molar-refractivity contribution in [3.63, 3.8) is 0 Å². The Morgan fingerprint density at radius 2 is 1.33 bits per heavy atom. The molecule has 3 aromatic heterocycles. The van der Waals surface area contributed by atoms with Gasteiger partial charge in [-0.15, -0.1) is 0 Å². The van der Waals surface area contributed by atoms with Crippen molar-refractivity contribution in [3.8, 4) is 11.1 Å². The third kappa shape index (κ3) is 2.20. The molecule has 3 heterocycles. The Kier molecular flexibility index (Phi) is 3.16. The Bertz CT molecular complexity index is 2010. The molecule has 2 heteroatoms. The Labute approximate surface area is 189 Å². The Balaban J connectivity index is 1.65. The summed E-state index contributed by atoms with van der Waals surface area (Å²) < 4.78 is 2.46. The lowest BCUT2D eigenvalue weighted by atomic mass is 10.00. The van der Waals surface area contributed by atoms with Crippen LogP contribution in [0.15, 0.2) is 109 Å². The zero-order valence-electron chi connectivity index (χ0n) is 17.8. The molecule has 0 spiro atoms. The van der Waals surface area contributed by atoms with E-state index in [1.165, 1.54) is 65.4 Å². The summed E-state index contributed by atoms with van der Waals surface area (Å²) in [7, 11) is 0. The molecular formula is C31H18N2. The lowest BCUT2D eigenvalue weighted by Crippen LogP contribution is -1.94. The molecule has 0 aliphatic heterocycles. The van der Waals surface area contributed by atoms with Gasteiger partial charge in [0, 0.05) is 27.7 Å². The predicted molar refractivity (Wildman–Crippen MR) is 139 cm³/mol. The molecule has 0 fully saturated rings. The SMILES string of the molecule is c1ccc(-c2ccc3c(c2)c2ccc4ccnc5c6cc7ccccc7cc6n3c2c45)cc1. The summed E-state index contributed by atoms with van der Waals surface area (Å²) in [6.07, 6.45) is 1.94. The van der Waals surface area contributed by atoms with Crippen molar-refractivity contribution in [2.45, 2.75) is 0 Å². The summed E-state index contributed by atoms with van der Waals surface area (Å²) in [5.41, 5.74) is 7.27. The molecule has 0 N–H and O–H groups in total. The van der Waals surface area contributed by atoms with Crippen LogP contribution in [0, 0.1) is 0 Å². The van der Waals surface area contributed by atoms with Gasteiger partial charge in [-0.3, -0.25) is 4.98 Å². The maximum absolute atomic E-state index is 4.89. The van der Waals surface area contributed by atoms with Gasteiger partial charge in [0.1, 0.15) is 0 Å². The lowest BCUT2D eigenvalue weighted by Gasteiger charge is -2.13. The molecule has 0 unspecified atom stereocenters. The van der Waals surface area contributed by atoms with Crippen molar-refractivity contribution in [2.75, 3.05) is 0 Å². The van der Waals surface area contributed by atoms with Gasteiger partial charge in [0.25, 0.3) is 0 Å². The largest absolute Gasteiger partial charge is 0.308 e. The van der Waals surface area contributed by atoms with Crippen LogP contribution in [0.1, 0.15) is 0 Å². The van der Waals surface area contributed by atoms with E-state index in [1.54, 1.807) is 0 Å². The molecular weight excluding hydrogens is 400 g/mol. The Morgan fingerprint density at radius 3 is 2.21 bits per heavy atom. The summed E-state index contributed by atoms with van der Waals surface area (Å²) in [6.45, 7) is 0. The van der Waals surface area contributed by atoms with Crippen LogP contribution in [-0.4, -0.2) is 9.38 Å². The molecule has 0 aliphatic rings. The van der Waals surface area contributed by atoms with E-state index in [-0.39, 0.29) is 0 Å². The normalized spacial score (nSPS) is 12.2. The first-order valence-corrected chi connectivity index (χ1v) is 11.3. The average Bonchev–Trinajstić information content (AvgIpc) is 3.22. The highest BCUT2D eigenvalue weighted by Gasteiger charge is 2.19. The number of hydrogen-bond donors (Lipinski definition) is 0. The fraction of sp³-hybridized carbons (Fsp3) is 0. The van der Waals surface area contributed by atoms with E-state index in [2.05, 4.69) is 108 Å². The first-order valence-electron chi connectivity index (χ1n) is 11.3. The molecule has 0 saturated carbocycles. The minimum Gasteiger partial charge on any atom is -0.308 e. The van der Waals surface area contributed by atoms with E-state index in [1.807, 2.05) is 6.20 Å². The second-order valence-electron chi connectivity index (χ2n) is 8.87. The van der Waals surface area contributed by atoms with Crippen molar-refractivity contribution < 1.29 is 0 Å². The summed E-state index contributed by atoms with van der Waals surface area (Å²) >= 11 is 0. The molecule has 2 nitrogen and oxygen atoms in total. The van der Waals surface area contributed by atoms with Crippen LogP contribution < -0.4 is 0 Å². The Morgan fingerprint density at radius 1 is 0.515 bits per heavy atom. The van der Waals surface area contributed by atoms with Crippen LogP contribution in [0.25, 0.3) is 70.9 Å². The second kappa shape index (κ2) is 6.08. The van der Waals surface area contributed by atoms with E-state index >= 15 is 0 Å². The maximum atomic E-state index is 4.89. The van der Waals surface area contributed by atoms with Crippen molar-refractivity contribution in [3.05, 3.63) is 109 Å². The van der Waals surface area contributed by atoms with E-state index in [0.717, 1.165) is 5.52 Å². The van der Waals surface area contributed by atoms with E-state index in [0.29, 0.717) is 0 Å². The van der Waals surface area contributed by atoms with Crippen LogP contribution in [-0.2, 0) is 0 Å². The van der Waals surface area contributed by atoms with Crippen molar-refractivity contribution in [2.24, 2.45) is 0 Å². The predicted octanol–water partition coefficient (Wildman–Crippen LogP) is 8.21. The summed E-state index contributed by atoms with van der Waals surface area (Å²) in [5.74, 6) is 0. The number of benzene rings is 5. The van der Waals surface area contributed by atoms with Crippen LogP contribution in [0.2, 0.25) is 0 Å². The van der Waals surface area contributed by atoms with Crippen LogP contribution in [0.5, 0.6) is 0 Å². The maximum Gasteiger partial charge on any atom is 0.0822 e. The van der Waals surface area contributed by atoms with Gasteiger partial charge in [0.2, 0.25) is 0 Å².